The zero-order chi connectivity index (χ0) is 14.2. The largest absolute Gasteiger partial charge is 0.339 e. The molecule has 5 heteroatoms. The normalized spacial score (nSPS) is 23.4. The summed E-state index contributed by atoms with van der Waals surface area (Å²) in [6.45, 7) is 8.58. The summed E-state index contributed by atoms with van der Waals surface area (Å²) in [7, 11) is 0. The number of nitriles is 1. The first kappa shape index (κ1) is 13.6. The Balaban J connectivity index is 2.22. The van der Waals surface area contributed by atoms with Gasteiger partial charge in [0.2, 0.25) is 5.91 Å². The third kappa shape index (κ3) is 2.35. The van der Waals surface area contributed by atoms with Crippen LogP contribution in [0.2, 0.25) is 0 Å². The fourth-order valence-electron chi connectivity index (χ4n) is 2.70. The topological polar surface area (TPSA) is 72.8 Å². The van der Waals surface area contributed by atoms with Gasteiger partial charge in [-0.25, -0.2) is 0 Å². The Morgan fingerprint density at radius 1 is 1.58 bits per heavy atom. The van der Waals surface area contributed by atoms with Crippen LogP contribution in [0.25, 0.3) is 0 Å². The molecular formula is C14H20N4O. The van der Waals surface area contributed by atoms with Crippen LogP contribution in [-0.2, 0) is 4.79 Å². The van der Waals surface area contributed by atoms with Crippen molar-refractivity contribution in [2.45, 2.75) is 46.1 Å². The number of likely N-dealkylation sites (tertiary alicyclic amines) is 1. The molecule has 5 nitrogen and oxygen atoms in total. The van der Waals surface area contributed by atoms with Crippen LogP contribution in [0.1, 0.15) is 51.3 Å². The minimum Gasteiger partial charge on any atom is -0.339 e. The van der Waals surface area contributed by atoms with Gasteiger partial charge < -0.3 is 4.90 Å². The lowest BCUT2D eigenvalue weighted by Crippen LogP contribution is -2.42. The van der Waals surface area contributed by atoms with E-state index in [0.717, 1.165) is 18.7 Å². The fraction of sp³-hybridized carbons (Fsp3) is 0.643. The summed E-state index contributed by atoms with van der Waals surface area (Å²) in [6, 6.07) is 2.24. The molecule has 19 heavy (non-hydrogen) atoms. The number of carbonyl (C=O) groups is 1. The molecule has 2 heterocycles. The molecule has 1 amide bonds. The van der Waals surface area contributed by atoms with E-state index in [9.17, 15) is 4.79 Å². The predicted molar refractivity (Wildman–Crippen MR) is 71.3 cm³/mol. The van der Waals surface area contributed by atoms with E-state index in [1.165, 1.54) is 0 Å². The molecule has 0 bridgehead atoms. The van der Waals surface area contributed by atoms with Crippen LogP contribution in [0, 0.1) is 16.7 Å². The molecule has 0 spiro atoms. The maximum Gasteiger partial charge on any atom is 0.228 e. The first-order valence-corrected chi connectivity index (χ1v) is 6.61. The van der Waals surface area contributed by atoms with Gasteiger partial charge in [0.1, 0.15) is 6.07 Å². The van der Waals surface area contributed by atoms with E-state index < -0.39 is 0 Å². The molecule has 0 aliphatic carbocycles. The second kappa shape index (κ2) is 4.69. The van der Waals surface area contributed by atoms with Crippen LogP contribution in [0.4, 0.5) is 0 Å². The molecule has 1 saturated heterocycles. The number of nitrogens with zero attached hydrogens (tertiary/aromatic N) is 3. The first-order chi connectivity index (χ1) is 8.86. The van der Waals surface area contributed by atoms with Crippen molar-refractivity contribution >= 4 is 5.91 Å². The van der Waals surface area contributed by atoms with Gasteiger partial charge in [0, 0.05) is 30.1 Å². The van der Waals surface area contributed by atoms with Crippen molar-refractivity contribution in [3.05, 3.63) is 17.5 Å². The maximum absolute atomic E-state index is 12.4. The lowest BCUT2D eigenvalue weighted by molar-refractivity contribution is -0.140. The molecule has 1 aliphatic heterocycles. The van der Waals surface area contributed by atoms with Gasteiger partial charge in [-0.2, -0.15) is 10.4 Å². The van der Waals surface area contributed by atoms with Gasteiger partial charge in [0.15, 0.2) is 0 Å². The van der Waals surface area contributed by atoms with Gasteiger partial charge in [-0.15, -0.1) is 0 Å². The van der Waals surface area contributed by atoms with Gasteiger partial charge in [-0.1, -0.05) is 20.8 Å². The molecule has 1 fully saturated rings. The highest BCUT2D eigenvalue weighted by molar-refractivity contribution is 5.82. The van der Waals surface area contributed by atoms with E-state index in [1.54, 1.807) is 6.20 Å². The zero-order valence-electron chi connectivity index (χ0n) is 11.9. The van der Waals surface area contributed by atoms with E-state index in [0.29, 0.717) is 5.56 Å². The Morgan fingerprint density at radius 3 is 2.84 bits per heavy atom. The molecule has 1 aromatic rings. The van der Waals surface area contributed by atoms with Crippen LogP contribution >= 0.6 is 0 Å². The number of aromatic amines is 1. The number of nitrogens with one attached hydrogen (secondary N) is 1. The number of carbonyl (C=O) groups excluding carboxylic acids is 1. The highest BCUT2D eigenvalue weighted by Gasteiger charge is 2.40. The number of hydrogen-bond donors (Lipinski definition) is 1. The number of amides is 1. The van der Waals surface area contributed by atoms with Crippen LogP contribution < -0.4 is 0 Å². The summed E-state index contributed by atoms with van der Waals surface area (Å²) in [4.78, 5) is 14.3. The predicted octanol–water partition coefficient (Wildman–Crippen LogP) is 2.03. The zero-order valence-corrected chi connectivity index (χ0v) is 11.9. The SMILES string of the molecule is CC1C(c2n[nH]cc2C#N)CCN1C(=O)C(C)(C)C. The second-order valence-electron chi connectivity index (χ2n) is 6.18. The van der Waals surface area contributed by atoms with Crippen LogP contribution in [0.15, 0.2) is 6.20 Å². The average Bonchev–Trinajstić information content (AvgIpc) is 2.92. The monoisotopic (exact) mass is 260 g/mol. The average molecular weight is 260 g/mol. The molecule has 0 saturated carbocycles. The van der Waals surface area contributed by atoms with Crippen LogP contribution in [-0.4, -0.2) is 33.6 Å². The highest BCUT2D eigenvalue weighted by atomic mass is 16.2. The highest BCUT2D eigenvalue weighted by Crippen LogP contribution is 2.35. The van der Waals surface area contributed by atoms with E-state index in [1.807, 2.05) is 32.6 Å². The third-order valence-electron chi connectivity index (χ3n) is 3.80. The molecule has 0 radical (unpaired) electrons. The van der Waals surface area contributed by atoms with Crippen LogP contribution in [0.5, 0.6) is 0 Å². The number of hydrogen-bond acceptors (Lipinski definition) is 3. The van der Waals surface area contributed by atoms with Crippen molar-refractivity contribution < 1.29 is 4.79 Å². The Hall–Kier alpha value is -1.83. The molecular weight excluding hydrogens is 240 g/mol. The van der Waals surface area contributed by atoms with Crippen molar-refractivity contribution in [2.75, 3.05) is 6.54 Å². The molecule has 0 aromatic carbocycles. The summed E-state index contributed by atoms with van der Waals surface area (Å²) in [5.41, 5.74) is 1.01. The molecule has 102 valence electrons. The minimum atomic E-state index is -0.368. The number of H-pyrrole nitrogens is 1. The van der Waals surface area contributed by atoms with Crippen molar-refractivity contribution in [3.8, 4) is 6.07 Å². The standard InChI is InChI=1S/C14H20N4O/c1-9-11(12-10(7-15)8-16-17-12)5-6-18(9)13(19)14(2,3)4/h8-9,11H,5-6H2,1-4H3,(H,16,17). The summed E-state index contributed by atoms with van der Waals surface area (Å²) >= 11 is 0. The second-order valence-corrected chi connectivity index (χ2v) is 6.18. The minimum absolute atomic E-state index is 0.0853. The van der Waals surface area contributed by atoms with E-state index in [4.69, 9.17) is 5.26 Å². The molecule has 2 unspecified atom stereocenters. The lowest BCUT2D eigenvalue weighted by atomic mass is 9.92. The molecule has 1 aliphatic rings. The maximum atomic E-state index is 12.4. The third-order valence-corrected chi connectivity index (χ3v) is 3.80. The Morgan fingerprint density at radius 2 is 2.26 bits per heavy atom. The fourth-order valence-corrected chi connectivity index (χ4v) is 2.70. The molecule has 2 rings (SSSR count). The molecule has 1 N–H and O–H groups in total. The number of rotatable bonds is 1. The van der Waals surface area contributed by atoms with E-state index >= 15 is 0 Å². The van der Waals surface area contributed by atoms with E-state index in [2.05, 4.69) is 16.3 Å². The van der Waals surface area contributed by atoms with Crippen molar-refractivity contribution in [1.82, 2.24) is 15.1 Å². The van der Waals surface area contributed by atoms with Gasteiger partial charge in [0.25, 0.3) is 0 Å². The summed E-state index contributed by atoms with van der Waals surface area (Å²) < 4.78 is 0. The first-order valence-electron chi connectivity index (χ1n) is 6.61. The van der Waals surface area contributed by atoms with Crippen molar-refractivity contribution in [2.24, 2.45) is 5.41 Å². The van der Waals surface area contributed by atoms with Gasteiger partial charge in [0.05, 0.1) is 11.3 Å². The summed E-state index contributed by atoms with van der Waals surface area (Å²) in [5, 5.41) is 16.0. The number of aromatic nitrogens is 2. The van der Waals surface area contributed by atoms with Gasteiger partial charge in [-0.3, -0.25) is 9.89 Å². The van der Waals surface area contributed by atoms with Crippen molar-refractivity contribution in [3.63, 3.8) is 0 Å². The molecule has 1 aromatic heterocycles. The Labute approximate surface area is 113 Å². The quantitative estimate of drug-likeness (QED) is 0.839. The van der Waals surface area contributed by atoms with Gasteiger partial charge in [-0.05, 0) is 13.3 Å². The Bertz CT molecular complexity index is 520. The smallest absolute Gasteiger partial charge is 0.228 e. The van der Waals surface area contributed by atoms with Crippen molar-refractivity contribution in [1.29, 1.82) is 5.26 Å². The summed E-state index contributed by atoms with van der Waals surface area (Å²) in [5.74, 6) is 0.309. The lowest BCUT2D eigenvalue weighted by Gasteiger charge is -2.30. The Kier molecular flexibility index (Phi) is 3.36. The molecule has 2 atom stereocenters. The van der Waals surface area contributed by atoms with Gasteiger partial charge >= 0.3 is 0 Å². The van der Waals surface area contributed by atoms with Crippen LogP contribution in [0.3, 0.4) is 0 Å². The summed E-state index contributed by atoms with van der Waals surface area (Å²) in [6.07, 6.45) is 2.48. The van der Waals surface area contributed by atoms with E-state index in [-0.39, 0.29) is 23.3 Å².